The largest absolute Gasteiger partial charge is 0.834 e. The van der Waals surface area contributed by atoms with Crippen LogP contribution in [0.4, 0.5) is 0 Å². The van der Waals surface area contributed by atoms with Crippen LogP contribution in [0.25, 0.3) is 0 Å². The van der Waals surface area contributed by atoms with E-state index in [1.165, 1.54) is 6.92 Å². The summed E-state index contributed by atoms with van der Waals surface area (Å²) in [6.07, 6.45) is -1.42. The van der Waals surface area contributed by atoms with Crippen LogP contribution in [0.15, 0.2) is 0 Å². The average Bonchev–Trinajstić information content (AvgIpc) is 1.33. The van der Waals surface area contributed by atoms with Gasteiger partial charge in [0, 0.05) is 0 Å². The highest BCUT2D eigenvalue weighted by Gasteiger charge is 1.54. The first-order chi connectivity index (χ1) is 3.15. The third-order valence-corrected chi connectivity index (χ3v) is 0. The Labute approximate surface area is 41.7 Å². The monoisotopic (exact) mass is 108 g/mol. The molecule has 7 heavy (non-hydrogen) atoms. The summed E-state index contributed by atoms with van der Waals surface area (Å²) < 4.78 is 0. The van der Waals surface area contributed by atoms with Crippen molar-refractivity contribution >= 4 is 0 Å². The molecule has 1 unspecified atom stereocenters. The maximum atomic E-state index is 9.08. The molecule has 46 valence electrons. The van der Waals surface area contributed by atoms with Crippen molar-refractivity contribution in [3.63, 3.8) is 0 Å². The predicted molar refractivity (Wildman–Crippen MR) is 18.8 cm³/mol. The third kappa shape index (κ3) is 3360. The molecule has 0 aliphatic rings. The molecular weight excluding hydrogens is 100 g/mol. The molecular formula is C3H8O4-2. The van der Waals surface area contributed by atoms with Crippen LogP contribution in [0.5, 0.6) is 0 Å². The highest BCUT2D eigenvalue weighted by molar-refractivity contribution is 3.98. The summed E-state index contributed by atoms with van der Waals surface area (Å²) in [6.45, 7) is 0.167. The summed E-state index contributed by atoms with van der Waals surface area (Å²) >= 11 is 0. The quantitative estimate of drug-likeness (QED) is 0.323. The van der Waals surface area contributed by atoms with Crippen molar-refractivity contribution in [1.29, 1.82) is 0 Å². The number of hydrogen-bond acceptors (Lipinski definition) is 4. The minimum Gasteiger partial charge on any atom is -0.834 e. The molecule has 1 atom stereocenters. The van der Waals surface area contributed by atoms with Gasteiger partial charge in [-0.1, -0.05) is 6.92 Å². The molecule has 0 fully saturated rings. The van der Waals surface area contributed by atoms with Crippen LogP contribution in [0, 0.1) is 0 Å². The molecule has 4 heteroatoms. The zero-order valence-corrected chi connectivity index (χ0v) is 4.00. The minimum absolute atomic E-state index is 1.00. The van der Waals surface area contributed by atoms with Gasteiger partial charge < -0.3 is 20.4 Å². The van der Waals surface area contributed by atoms with Gasteiger partial charge in [-0.25, -0.2) is 0 Å². The fourth-order valence-corrected chi connectivity index (χ4v) is 0. The molecule has 0 heterocycles. The predicted octanol–water partition coefficient (Wildman–Crippen LogP) is -3.02. The van der Waals surface area contributed by atoms with E-state index < -0.39 is 13.1 Å². The second kappa shape index (κ2) is 9.28. The van der Waals surface area contributed by atoms with Crippen molar-refractivity contribution in [2.24, 2.45) is 0 Å². The Hall–Kier alpha value is -0.160. The summed E-state index contributed by atoms with van der Waals surface area (Å²) in [4.78, 5) is 0. The second-order valence-electron chi connectivity index (χ2n) is 0.728. The van der Waals surface area contributed by atoms with Crippen LogP contribution in [-0.2, 0) is 0 Å². The van der Waals surface area contributed by atoms with E-state index in [-0.39, 0.29) is 0 Å². The van der Waals surface area contributed by atoms with Gasteiger partial charge in [0.25, 0.3) is 0 Å². The van der Waals surface area contributed by atoms with Crippen molar-refractivity contribution < 1.29 is 20.4 Å². The average molecular weight is 108 g/mol. The lowest BCUT2D eigenvalue weighted by molar-refractivity contribution is -0.475. The van der Waals surface area contributed by atoms with Crippen molar-refractivity contribution in [3.05, 3.63) is 0 Å². The van der Waals surface area contributed by atoms with E-state index in [1.807, 2.05) is 0 Å². The van der Waals surface area contributed by atoms with Gasteiger partial charge >= 0.3 is 0 Å². The van der Waals surface area contributed by atoms with E-state index >= 15 is 0 Å². The van der Waals surface area contributed by atoms with Gasteiger partial charge in [-0.05, 0) is 13.1 Å². The smallest absolute Gasteiger partial charge is 0.0254 e. The first-order valence-corrected chi connectivity index (χ1v) is 1.68. The van der Waals surface area contributed by atoms with Crippen LogP contribution >= 0.6 is 0 Å². The Balaban J connectivity index is 0. The zero-order valence-electron chi connectivity index (χ0n) is 4.00. The van der Waals surface area contributed by atoms with Gasteiger partial charge in [0.15, 0.2) is 0 Å². The molecule has 2 N–H and O–H groups in total. The fraction of sp³-hybridized carbons (Fsp3) is 1.00. The molecule has 0 amide bonds. The number of hydrogen-bond donors (Lipinski definition) is 2. The molecule has 0 aliphatic heterocycles. The summed E-state index contributed by atoms with van der Waals surface area (Å²) in [5.41, 5.74) is 0. The molecule has 4 nitrogen and oxygen atoms in total. The molecule has 0 aromatic heterocycles. The topological polar surface area (TPSA) is 86.6 Å². The van der Waals surface area contributed by atoms with E-state index in [4.69, 9.17) is 20.4 Å². The van der Waals surface area contributed by atoms with E-state index in [1.54, 1.807) is 0 Å². The molecule has 0 rings (SSSR count). The van der Waals surface area contributed by atoms with E-state index in [2.05, 4.69) is 0 Å². The molecule has 0 radical (unpaired) electrons. The second-order valence-corrected chi connectivity index (χ2v) is 0.728. The van der Waals surface area contributed by atoms with E-state index in [0.717, 1.165) is 0 Å². The maximum absolute atomic E-state index is 9.08. The number of rotatable bonds is 0. The van der Waals surface area contributed by atoms with Crippen LogP contribution in [-0.4, -0.2) is 23.3 Å². The summed E-state index contributed by atoms with van der Waals surface area (Å²) in [5, 5.41) is 32.1. The molecule has 0 saturated carbocycles. The van der Waals surface area contributed by atoms with Gasteiger partial charge in [-0.3, -0.25) is 0 Å². The van der Waals surface area contributed by atoms with Crippen LogP contribution in [0.3, 0.4) is 0 Å². The summed E-state index contributed by atoms with van der Waals surface area (Å²) in [5.74, 6) is 0. The summed E-state index contributed by atoms with van der Waals surface area (Å²) in [6, 6.07) is 0. The zero-order chi connectivity index (χ0) is 6.28. The molecule has 0 aliphatic carbocycles. The molecule has 0 saturated heterocycles. The number of aliphatic hydroxyl groups excluding tert-OH is 2. The normalized spacial score (nSPS) is 11.6. The van der Waals surface area contributed by atoms with E-state index in [9.17, 15) is 0 Å². The Bertz CT molecular complexity index is 18.1. The lowest BCUT2D eigenvalue weighted by Crippen LogP contribution is -2.18. The highest BCUT2D eigenvalue weighted by atomic mass is 16.5. The fourth-order valence-electron chi connectivity index (χ4n) is 0. The number of aliphatic hydroxyl groups is 2. The SMILES string of the molecule is CC([O-])O.[O-]CO. The van der Waals surface area contributed by atoms with Crippen molar-refractivity contribution in [3.8, 4) is 0 Å². The van der Waals surface area contributed by atoms with Crippen LogP contribution < -0.4 is 10.2 Å². The highest BCUT2D eigenvalue weighted by Crippen LogP contribution is 1.48. The van der Waals surface area contributed by atoms with Crippen molar-refractivity contribution in [2.75, 3.05) is 6.79 Å². The van der Waals surface area contributed by atoms with Gasteiger partial charge in [0.05, 0.1) is 0 Å². The van der Waals surface area contributed by atoms with Crippen LogP contribution in [0.1, 0.15) is 6.92 Å². The molecule has 0 spiro atoms. The minimum atomic E-state index is -1.42. The lowest BCUT2D eigenvalue weighted by atomic mass is 10.8. The standard InChI is InChI=1S/C2H5O2.CH3O2/c1-2(3)4;2-1-3/h2-3H,1H3;2H,1H2/q2*-1. The van der Waals surface area contributed by atoms with Gasteiger partial charge in [0.1, 0.15) is 0 Å². The van der Waals surface area contributed by atoms with E-state index in [0.29, 0.717) is 0 Å². The Morgan fingerprint density at radius 1 is 1.71 bits per heavy atom. The molecule has 0 aromatic rings. The van der Waals surface area contributed by atoms with Crippen molar-refractivity contribution in [2.45, 2.75) is 13.2 Å². The van der Waals surface area contributed by atoms with Crippen molar-refractivity contribution in [1.82, 2.24) is 0 Å². The molecule has 0 aromatic carbocycles. The Kier molecular flexibility index (Phi) is 13.2. The first-order valence-electron chi connectivity index (χ1n) is 1.68. The maximum Gasteiger partial charge on any atom is -0.0254 e. The third-order valence-electron chi connectivity index (χ3n) is 0. The van der Waals surface area contributed by atoms with Gasteiger partial charge in [-0.15, -0.1) is 0 Å². The lowest BCUT2D eigenvalue weighted by Gasteiger charge is -2.01. The van der Waals surface area contributed by atoms with Gasteiger partial charge in [0.2, 0.25) is 0 Å². The van der Waals surface area contributed by atoms with Crippen LogP contribution in [0.2, 0.25) is 0 Å². The Morgan fingerprint density at radius 2 is 1.71 bits per heavy atom. The Morgan fingerprint density at radius 3 is 1.71 bits per heavy atom. The molecule has 0 bridgehead atoms. The van der Waals surface area contributed by atoms with Gasteiger partial charge in [-0.2, -0.15) is 0 Å². The summed E-state index contributed by atoms with van der Waals surface area (Å²) in [7, 11) is 0. The first kappa shape index (κ1) is 9.96.